The van der Waals surface area contributed by atoms with Crippen LogP contribution in [0.4, 0.5) is 5.69 Å². The lowest BCUT2D eigenvalue weighted by atomic mass is 10.3. The highest BCUT2D eigenvalue weighted by Crippen LogP contribution is 2.25. The number of carbonyl (C=O) groups is 1. The van der Waals surface area contributed by atoms with Gasteiger partial charge in [0.1, 0.15) is 0 Å². The van der Waals surface area contributed by atoms with Gasteiger partial charge in [-0.2, -0.15) is 0 Å². The van der Waals surface area contributed by atoms with E-state index >= 15 is 0 Å². The molecule has 0 aliphatic rings. The van der Waals surface area contributed by atoms with Crippen molar-refractivity contribution in [3.8, 4) is 0 Å². The van der Waals surface area contributed by atoms with Gasteiger partial charge in [-0.3, -0.25) is 4.79 Å². The SMILES string of the molecule is CC(=O)NCCNC(=S)Nc1ccc(Cl)cc1Cl. The van der Waals surface area contributed by atoms with Gasteiger partial charge in [0.15, 0.2) is 5.11 Å². The maximum absolute atomic E-state index is 10.6. The van der Waals surface area contributed by atoms with Gasteiger partial charge in [-0.25, -0.2) is 0 Å². The normalized spacial score (nSPS) is 9.72. The molecule has 3 N–H and O–H groups in total. The summed E-state index contributed by atoms with van der Waals surface area (Å²) in [7, 11) is 0. The molecule has 4 nitrogen and oxygen atoms in total. The molecular weight excluding hydrogens is 293 g/mol. The lowest BCUT2D eigenvalue weighted by Gasteiger charge is -2.11. The first-order valence-corrected chi connectivity index (χ1v) is 6.40. The number of hydrogen-bond donors (Lipinski definition) is 3. The van der Waals surface area contributed by atoms with Gasteiger partial charge in [-0.05, 0) is 30.4 Å². The van der Waals surface area contributed by atoms with Gasteiger partial charge in [0.25, 0.3) is 0 Å². The zero-order chi connectivity index (χ0) is 13.5. The van der Waals surface area contributed by atoms with Crippen LogP contribution < -0.4 is 16.0 Å². The molecular formula is C11H13Cl2N3OS. The van der Waals surface area contributed by atoms with Crippen LogP contribution in [0.1, 0.15) is 6.92 Å². The summed E-state index contributed by atoms with van der Waals surface area (Å²) >= 11 is 16.9. The van der Waals surface area contributed by atoms with E-state index in [4.69, 9.17) is 35.4 Å². The van der Waals surface area contributed by atoms with Gasteiger partial charge in [0.05, 0.1) is 10.7 Å². The molecule has 0 aromatic heterocycles. The lowest BCUT2D eigenvalue weighted by molar-refractivity contribution is -0.118. The Labute approximate surface area is 121 Å². The van der Waals surface area contributed by atoms with E-state index in [0.717, 1.165) is 0 Å². The predicted molar refractivity (Wildman–Crippen MR) is 79.4 cm³/mol. The summed E-state index contributed by atoms with van der Waals surface area (Å²) in [5.74, 6) is -0.0728. The number of nitrogens with one attached hydrogen (secondary N) is 3. The van der Waals surface area contributed by atoms with Crippen LogP contribution in [-0.2, 0) is 4.79 Å². The monoisotopic (exact) mass is 305 g/mol. The van der Waals surface area contributed by atoms with Gasteiger partial charge in [-0.15, -0.1) is 0 Å². The molecule has 0 spiro atoms. The predicted octanol–water partition coefficient (Wildman–Crippen LogP) is 2.42. The van der Waals surface area contributed by atoms with Gasteiger partial charge in [0.2, 0.25) is 5.91 Å². The van der Waals surface area contributed by atoms with Crippen molar-refractivity contribution >= 4 is 52.1 Å². The van der Waals surface area contributed by atoms with Gasteiger partial charge in [-0.1, -0.05) is 23.2 Å². The summed E-state index contributed by atoms with van der Waals surface area (Å²) in [5.41, 5.74) is 0.679. The van der Waals surface area contributed by atoms with Crippen molar-refractivity contribution in [3.05, 3.63) is 28.2 Å². The van der Waals surface area contributed by atoms with E-state index in [9.17, 15) is 4.79 Å². The first-order valence-electron chi connectivity index (χ1n) is 5.23. The number of amides is 1. The molecule has 1 rings (SSSR count). The van der Waals surface area contributed by atoms with Crippen LogP contribution in [0.5, 0.6) is 0 Å². The molecule has 18 heavy (non-hydrogen) atoms. The molecule has 1 aromatic rings. The second-order valence-corrected chi connectivity index (χ2v) is 4.74. The Bertz CT molecular complexity index is 454. The average Bonchev–Trinajstić information content (AvgIpc) is 2.28. The van der Waals surface area contributed by atoms with E-state index in [1.165, 1.54) is 6.92 Å². The van der Waals surface area contributed by atoms with E-state index in [1.54, 1.807) is 18.2 Å². The second kappa shape index (κ2) is 7.41. The minimum Gasteiger partial charge on any atom is -0.361 e. The fourth-order valence-electron chi connectivity index (χ4n) is 1.17. The molecule has 0 saturated carbocycles. The quantitative estimate of drug-likeness (QED) is 0.591. The van der Waals surface area contributed by atoms with E-state index in [0.29, 0.717) is 33.9 Å². The molecule has 0 bridgehead atoms. The van der Waals surface area contributed by atoms with Crippen molar-refractivity contribution in [2.24, 2.45) is 0 Å². The molecule has 1 aromatic carbocycles. The number of rotatable bonds is 4. The highest BCUT2D eigenvalue weighted by molar-refractivity contribution is 7.80. The van der Waals surface area contributed by atoms with Crippen LogP contribution in [-0.4, -0.2) is 24.1 Å². The zero-order valence-electron chi connectivity index (χ0n) is 9.72. The van der Waals surface area contributed by atoms with Crippen LogP contribution in [0, 0.1) is 0 Å². The Morgan fingerprint density at radius 3 is 2.56 bits per heavy atom. The topological polar surface area (TPSA) is 53.2 Å². The Morgan fingerprint density at radius 1 is 1.28 bits per heavy atom. The standard InChI is InChI=1S/C11H13Cl2N3OS/c1-7(17)14-4-5-15-11(18)16-10-3-2-8(12)6-9(10)13/h2-3,6H,4-5H2,1H3,(H,14,17)(H2,15,16,18). The first kappa shape index (κ1) is 15.0. The number of hydrogen-bond acceptors (Lipinski definition) is 2. The van der Waals surface area contributed by atoms with E-state index < -0.39 is 0 Å². The molecule has 0 heterocycles. The van der Waals surface area contributed by atoms with E-state index in [2.05, 4.69) is 16.0 Å². The van der Waals surface area contributed by atoms with Gasteiger partial charge >= 0.3 is 0 Å². The highest BCUT2D eigenvalue weighted by atomic mass is 35.5. The molecule has 0 aliphatic heterocycles. The van der Waals surface area contributed by atoms with E-state index in [-0.39, 0.29) is 5.91 Å². The minimum absolute atomic E-state index is 0.0728. The first-order chi connectivity index (χ1) is 8.49. The molecule has 98 valence electrons. The maximum atomic E-state index is 10.6. The van der Waals surface area contributed by atoms with Gasteiger partial charge in [0, 0.05) is 25.0 Å². The smallest absolute Gasteiger partial charge is 0.216 e. The Hall–Kier alpha value is -1.04. The molecule has 0 atom stereocenters. The third-order valence-corrected chi connectivity index (χ3v) is 2.76. The molecule has 0 unspecified atom stereocenters. The lowest BCUT2D eigenvalue weighted by Crippen LogP contribution is -2.35. The number of thiocarbonyl (C=S) groups is 1. The maximum Gasteiger partial charge on any atom is 0.216 e. The fraction of sp³-hybridized carbons (Fsp3) is 0.273. The highest BCUT2D eigenvalue weighted by Gasteiger charge is 2.03. The number of carbonyl (C=O) groups excluding carboxylic acids is 1. The Balaban J connectivity index is 2.38. The molecule has 7 heteroatoms. The largest absolute Gasteiger partial charge is 0.361 e. The van der Waals surface area contributed by atoms with Crippen molar-refractivity contribution < 1.29 is 4.79 Å². The average molecular weight is 306 g/mol. The summed E-state index contributed by atoms with van der Waals surface area (Å²) < 4.78 is 0. The number of halogens is 2. The van der Waals surface area contributed by atoms with Crippen LogP contribution >= 0.6 is 35.4 Å². The van der Waals surface area contributed by atoms with Crippen LogP contribution in [0.2, 0.25) is 10.0 Å². The van der Waals surface area contributed by atoms with Crippen molar-refractivity contribution in [1.82, 2.24) is 10.6 Å². The van der Waals surface area contributed by atoms with Crippen molar-refractivity contribution in [2.75, 3.05) is 18.4 Å². The molecule has 0 saturated heterocycles. The molecule has 1 amide bonds. The molecule has 0 radical (unpaired) electrons. The fourth-order valence-corrected chi connectivity index (χ4v) is 1.84. The summed E-state index contributed by atoms with van der Waals surface area (Å²) in [5, 5.41) is 10.0. The summed E-state index contributed by atoms with van der Waals surface area (Å²) in [4.78, 5) is 10.6. The zero-order valence-corrected chi connectivity index (χ0v) is 12.0. The minimum atomic E-state index is -0.0728. The number of anilines is 1. The third kappa shape index (κ3) is 5.53. The number of benzene rings is 1. The van der Waals surface area contributed by atoms with Crippen LogP contribution in [0.15, 0.2) is 18.2 Å². The van der Waals surface area contributed by atoms with Gasteiger partial charge < -0.3 is 16.0 Å². The Morgan fingerprint density at radius 2 is 1.94 bits per heavy atom. The van der Waals surface area contributed by atoms with Crippen LogP contribution in [0.25, 0.3) is 0 Å². The summed E-state index contributed by atoms with van der Waals surface area (Å²) in [6.45, 7) is 2.51. The molecule has 0 aliphatic carbocycles. The van der Waals surface area contributed by atoms with Crippen molar-refractivity contribution in [1.29, 1.82) is 0 Å². The van der Waals surface area contributed by atoms with Crippen molar-refractivity contribution in [2.45, 2.75) is 6.92 Å². The Kier molecular flexibility index (Phi) is 6.18. The third-order valence-electron chi connectivity index (χ3n) is 1.96. The second-order valence-electron chi connectivity index (χ2n) is 3.49. The summed E-state index contributed by atoms with van der Waals surface area (Å²) in [6.07, 6.45) is 0. The molecule has 0 fully saturated rings. The van der Waals surface area contributed by atoms with Crippen molar-refractivity contribution in [3.63, 3.8) is 0 Å². The van der Waals surface area contributed by atoms with Crippen LogP contribution in [0.3, 0.4) is 0 Å². The summed E-state index contributed by atoms with van der Waals surface area (Å²) in [6, 6.07) is 5.09. The van der Waals surface area contributed by atoms with E-state index in [1.807, 2.05) is 0 Å².